The summed E-state index contributed by atoms with van der Waals surface area (Å²) in [5.41, 5.74) is 2.36. The number of aromatic nitrogens is 1. The zero-order chi connectivity index (χ0) is 19.2. The van der Waals surface area contributed by atoms with Crippen LogP contribution in [-0.4, -0.2) is 46.3 Å². The van der Waals surface area contributed by atoms with Gasteiger partial charge in [0.1, 0.15) is 0 Å². The van der Waals surface area contributed by atoms with Gasteiger partial charge in [-0.1, -0.05) is 36.7 Å². The number of benzene rings is 1. The Bertz CT molecular complexity index is 684. The fourth-order valence-electron chi connectivity index (χ4n) is 4.12. The van der Waals surface area contributed by atoms with Crippen molar-refractivity contribution < 1.29 is 5.11 Å². The lowest BCUT2D eigenvalue weighted by atomic mass is 9.95. The van der Waals surface area contributed by atoms with Crippen LogP contribution in [0.1, 0.15) is 50.3 Å². The average Bonchev–Trinajstić information content (AvgIpc) is 2.69. The van der Waals surface area contributed by atoms with Crippen molar-refractivity contribution >= 4 is 11.6 Å². The van der Waals surface area contributed by atoms with Crippen molar-refractivity contribution in [2.75, 3.05) is 13.1 Å². The van der Waals surface area contributed by atoms with Crippen LogP contribution in [-0.2, 0) is 0 Å². The Kier molecular flexibility index (Phi) is 7.25. The number of halogens is 1. The molecule has 146 valence electrons. The average molecular weight is 388 g/mol. The Balaban J connectivity index is 1.70. The molecule has 2 N–H and O–H groups in total. The minimum atomic E-state index is -0.281. The third-order valence-electron chi connectivity index (χ3n) is 5.60. The summed E-state index contributed by atoms with van der Waals surface area (Å²) in [6, 6.07) is 13.0. The van der Waals surface area contributed by atoms with Crippen molar-refractivity contribution in [2.24, 2.45) is 0 Å². The van der Waals surface area contributed by atoms with Gasteiger partial charge >= 0.3 is 0 Å². The molecule has 27 heavy (non-hydrogen) atoms. The van der Waals surface area contributed by atoms with Crippen LogP contribution in [0, 0.1) is 0 Å². The molecular weight excluding hydrogens is 358 g/mol. The molecule has 1 saturated heterocycles. The molecular formula is C22H30ClN3O. The lowest BCUT2D eigenvalue weighted by Gasteiger charge is -2.39. The zero-order valence-electron chi connectivity index (χ0n) is 16.2. The maximum atomic E-state index is 10.0. The van der Waals surface area contributed by atoms with Crippen molar-refractivity contribution in [3.8, 4) is 0 Å². The number of piperidine rings is 1. The quantitative estimate of drug-likeness (QED) is 0.752. The second-order valence-electron chi connectivity index (χ2n) is 7.46. The minimum absolute atomic E-state index is 0.103. The Morgan fingerprint density at radius 1 is 1.19 bits per heavy atom. The van der Waals surface area contributed by atoms with Gasteiger partial charge in [0, 0.05) is 42.6 Å². The minimum Gasteiger partial charge on any atom is -0.392 e. The Hall–Kier alpha value is -1.46. The molecule has 3 unspecified atom stereocenters. The third kappa shape index (κ3) is 5.29. The van der Waals surface area contributed by atoms with E-state index in [1.54, 1.807) is 0 Å². The van der Waals surface area contributed by atoms with Gasteiger partial charge in [-0.2, -0.15) is 0 Å². The maximum Gasteiger partial charge on any atom is 0.0667 e. The third-order valence-corrected chi connectivity index (χ3v) is 5.85. The van der Waals surface area contributed by atoms with E-state index in [2.05, 4.69) is 40.3 Å². The molecule has 0 bridgehead atoms. The van der Waals surface area contributed by atoms with Gasteiger partial charge in [-0.3, -0.25) is 9.88 Å². The summed E-state index contributed by atoms with van der Waals surface area (Å²) >= 11 is 6.08. The highest BCUT2D eigenvalue weighted by atomic mass is 35.5. The van der Waals surface area contributed by atoms with E-state index in [0.29, 0.717) is 6.04 Å². The number of aliphatic hydroxyl groups excluding tert-OH is 1. The highest BCUT2D eigenvalue weighted by Gasteiger charge is 2.28. The smallest absolute Gasteiger partial charge is 0.0667 e. The van der Waals surface area contributed by atoms with E-state index in [1.165, 1.54) is 5.56 Å². The van der Waals surface area contributed by atoms with Crippen LogP contribution in [0.25, 0.3) is 0 Å². The van der Waals surface area contributed by atoms with Crippen molar-refractivity contribution in [1.29, 1.82) is 0 Å². The van der Waals surface area contributed by atoms with Crippen LogP contribution >= 0.6 is 11.6 Å². The van der Waals surface area contributed by atoms with Crippen LogP contribution in [0.2, 0.25) is 5.02 Å². The summed E-state index contributed by atoms with van der Waals surface area (Å²) in [7, 11) is 0. The maximum absolute atomic E-state index is 10.0. The predicted molar refractivity (Wildman–Crippen MR) is 111 cm³/mol. The molecule has 1 aromatic heterocycles. The van der Waals surface area contributed by atoms with Gasteiger partial charge in [0.05, 0.1) is 12.1 Å². The lowest BCUT2D eigenvalue weighted by Crippen LogP contribution is -2.50. The molecule has 1 aliphatic rings. The first-order chi connectivity index (χ1) is 13.1. The first kappa shape index (κ1) is 20.3. The zero-order valence-corrected chi connectivity index (χ0v) is 16.9. The molecule has 5 heteroatoms. The fourth-order valence-corrected chi connectivity index (χ4v) is 4.25. The van der Waals surface area contributed by atoms with E-state index < -0.39 is 0 Å². The number of nitrogens with zero attached hydrogens (tertiary/aromatic N) is 2. The molecule has 1 aliphatic heterocycles. The molecule has 3 atom stereocenters. The molecule has 2 aromatic rings. The summed E-state index contributed by atoms with van der Waals surface area (Å²) in [6.45, 7) is 6.08. The van der Waals surface area contributed by atoms with E-state index in [-0.39, 0.29) is 18.2 Å². The van der Waals surface area contributed by atoms with Crippen LogP contribution in [0.3, 0.4) is 0 Å². The number of aliphatic hydroxyl groups is 1. The monoisotopic (exact) mass is 387 g/mol. The standard InChI is InChI=1S/C22H30ClN3O/c1-3-21(16(2)27)26-13-10-20(11-14-26)25-22(18-5-4-12-24-15-18)17-6-8-19(23)9-7-17/h4-9,12,15-16,20-22,25,27H,3,10-11,13-14H2,1-2H3. The molecule has 2 heterocycles. The Morgan fingerprint density at radius 2 is 1.89 bits per heavy atom. The molecule has 4 nitrogen and oxygen atoms in total. The van der Waals surface area contributed by atoms with Gasteiger partial charge in [0.15, 0.2) is 0 Å². The second kappa shape index (κ2) is 9.65. The highest BCUT2D eigenvalue weighted by Crippen LogP contribution is 2.26. The van der Waals surface area contributed by atoms with Gasteiger partial charge in [-0.05, 0) is 55.5 Å². The van der Waals surface area contributed by atoms with Crippen molar-refractivity contribution in [2.45, 2.75) is 57.3 Å². The van der Waals surface area contributed by atoms with Crippen LogP contribution in [0.5, 0.6) is 0 Å². The normalized spacial score (nSPS) is 19.6. The molecule has 0 saturated carbocycles. The molecule has 1 fully saturated rings. The summed E-state index contributed by atoms with van der Waals surface area (Å²) in [6.07, 6.45) is 6.60. The van der Waals surface area contributed by atoms with Gasteiger partial charge < -0.3 is 10.4 Å². The molecule has 0 radical (unpaired) electrons. The van der Waals surface area contributed by atoms with Crippen LogP contribution in [0.15, 0.2) is 48.8 Å². The summed E-state index contributed by atoms with van der Waals surface area (Å²) < 4.78 is 0. The summed E-state index contributed by atoms with van der Waals surface area (Å²) in [4.78, 5) is 6.74. The second-order valence-corrected chi connectivity index (χ2v) is 7.90. The van der Waals surface area contributed by atoms with E-state index in [1.807, 2.05) is 37.5 Å². The first-order valence-electron chi connectivity index (χ1n) is 9.92. The van der Waals surface area contributed by atoms with Gasteiger partial charge in [0.2, 0.25) is 0 Å². The van der Waals surface area contributed by atoms with Crippen molar-refractivity contribution in [3.05, 3.63) is 64.9 Å². The predicted octanol–water partition coefficient (Wildman–Crippen LogP) is 4.04. The van der Waals surface area contributed by atoms with E-state index >= 15 is 0 Å². The summed E-state index contributed by atoms with van der Waals surface area (Å²) in [5, 5.41) is 14.6. The Morgan fingerprint density at radius 3 is 2.44 bits per heavy atom. The van der Waals surface area contributed by atoms with Crippen molar-refractivity contribution in [1.82, 2.24) is 15.2 Å². The van der Waals surface area contributed by atoms with Gasteiger partial charge in [-0.15, -0.1) is 0 Å². The number of hydrogen-bond donors (Lipinski definition) is 2. The van der Waals surface area contributed by atoms with E-state index in [0.717, 1.165) is 42.9 Å². The number of pyridine rings is 1. The molecule has 0 aliphatic carbocycles. The largest absolute Gasteiger partial charge is 0.392 e. The number of rotatable bonds is 7. The topological polar surface area (TPSA) is 48.4 Å². The van der Waals surface area contributed by atoms with E-state index in [9.17, 15) is 5.11 Å². The molecule has 0 amide bonds. The fraction of sp³-hybridized carbons (Fsp3) is 0.500. The highest BCUT2D eigenvalue weighted by molar-refractivity contribution is 6.30. The summed E-state index contributed by atoms with van der Waals surface area (Å²) in [5.74, 6) is 0. The SMILES string of the molecule is CCC(C(C)O)N1CCC(NC(c2ccc(Cl)cc2)c2cccnc2)CC1. The number of likely N-dealkylation sites (tertiary alicyclic amines) is 1. The Labute approximate surface area is 167 Å². The number of hydrogen-bond acceptors (Lipinski definition) is 4. The van der Waals surface area contributed by atoms with E-state index in [4.69, 9.17) is 11.6 Å². The van der Waals surface area contributed by atoms with Crippen LogP contribution < -0.4 is 5.32 Å². The molecule has 1 aromatic carbocycles. The molecule has 3 rings (SSSR count). The van der Waals surface area contributed by atoms with Crippen LogP contribution in [0.4, 0.5) is 0 Å². The number of nitrogens with one attached hydrogen (secondary N) is 1. The van der Waals surface area contributed by atoms with Crippen molar-refractivity contribution in [3.63, 3.8) is 0 Å². The molecule has 0 spiro atoms. The van der Waals surface area contributed by atoms with Gasteiger partial charge in [0.25, 0.3) is 0 Å². The first-order valence-corrected chi connectivity index (χ1v) is 10.3. The lowest BCUT2D eigenvalue weighted by molar-refractivity contribution is 0.0404. The van der Waals surface area contributed by atoms with Gasteiger partial charge in [-0.25, -0.2) is 0 Å².